The molecule has 1 saturated heterocycles. The molecule has 2 aromatic carbocycles. The molecule has 2 aromatic rings. The van der Waals surface area contributed by atoms with Gasteiger partial charge < -0.3 is 25.2 Å². The van der Waals surface area contributed by atoms with Gasteiger partial charge in [-0.05, 0) is 41.5 Å². The maximum atomic E-state index is 12.4. The summed E-state index contributed by atoms with van der Waals surface area (Å²) in [5.74, 6) is -1.57. The van der Waals surface area contributed by atoms with Gasteiger partial charge in [0.15, 0.2) is 6.10 Å². The van der Waals surface area contributed by atoms with Crippen LogP contribution in [0.15, 0.2) is 48.5 Å². The van der Waals surface area contributed by atoms with E-state index in [0.717, 1.165) is 11.1 Å². The third-order valence-electron chi connectivity index (χ3n) is 6.54. The van der Waals surface area contributed by atoms with Crippen molar-refractivity contribution >= 4 is 18.0 Å². The number of amides is 2. The molecule has 0 radical (unpaired) electrons. The van der Waals surface area contributed by atoms with Crippen LogP contribution in [0.1, 0.15) is 43.2 Å². The van der Waals surface area contributed by atoms with Crippen molar-refractivity contribution in [3.05, 3.63) is 59.7 Å². The van der Waals surface area contributed by atoms with E-state index in [0.29, 0.717) is 32.4 Å². The number of carboxylic acids is 1. The zero-order valence-corrected chi connectivity index (χ0v) is 19.2. The van der Waals surface area contributed by atoms with Crippen LogP contribution < -0.4 is 10.6 Å². The number of aliphatic carboxylic acids is 1. The number of ether oxygens (including phenoxy) is 2. The van der Waals surface area contributed by atoms with Gasteiger partial charge in [0, 0.05) is 25.0 Å². The average Bonchev–Trinajstić information content (AvgIpc) is 3.43. The number of carboxylic acid groups (broad SMARTS) is 1. The highest BCUT2D eigenvalue weighted by Gasteiger charge is 2.35. The van der Waals surface area contributed by atoms with Crippen molar-refractivity contribution in [3.63, 3.8) is 0 Å². The molecule has 1 unspecified atom stereocenters. The van der Waals surface area contributed by atoms with Crippen LogP contribution in [0, 0.1) is 5.92 Å². The van der Waals surface area contributed by atoms with E-state index in [-0.39, 0.29) is 24.3 Å². The van der Waals surface area contributed by atoms with E-state index in [2.05, 4.69) is 34.9 Å². The minimum Gasteiger partial charge on any atom is -0.479 e. The van der Waals surface area contributed by atoms with Crippen LogP contribution in [0.5, 0.6) is 0 Å². The van der Waals surface area contributed by atoms with E-state index in [4.69, 9.17) is 14.6 Å². The topological polar surface area (TPSA) is 114 Å². The van der Waals surface area contributed by atoms with Crippen LogP contribution in [-0.2, 0) is 19.1 Å². The monoisotopic (exact) mass is 466 g/mol. The van der Waals surface area contributed by atoms with Gasteiger partial charge in [-0.25, -0.2) is 9.59 Å². The Bertz CT molecular complexity index is 1010. The number of benzene rings is 2. The van der Waals surface area contributed by atoms with Crippen LogP contribution in [0.4, 0.5) is 4.79 Å². The van der Waals surface area contributed by atoms with E-state index in [1.165, 1.54) is 11.1 Å². The van der Waals surface area contributed by atoms with Crippen LogP contribution in [0.25, 0.3) is 11.1 Å². The number of fused-ring (bicyclic) bond motifs is 3. The standard InChI is InChI=1S/C26H30N2O6/c1-16(24(29)28-22-12-14-33-23(22)25(30)31)7-6-13-27-26(32)34-15-21-19-10-4-2-8-17(19)18-9-3-5-11-20(18)21/h2-5,8-11,16,21-23H,6-7,12-15H2,1H3,(H,27,32)(H,28,29)(H,30,31)/t16?,22-,23+/m1/s1. The van der Waals surface area contributed by atoms with Crippen molar-refractivity contribution in [3.8, 4) is 11.1 Å². The number of alkyl carbamates (subject to hydrolysis) is 1. The molecule has 34 heavy (non-hydrogen) atoms. The maximum Gasteiger partial charge on any atom is 0.407 e. The fourth-order valence-corrected chi connectivity index (χ4v) is 4.68. The number of rotatable bonds is 9. The number of carbonyl (C=O) groups excluding carboxylic acids is 2. The molecule has 8 heteroatoms. The molecular formula is C26H30N2O6. The largest absolute Gasteiger partial charge is 0.479 e. The summed E-state index contributed by atoms with van der Waals surface area (Å²) in [7, 11) is 0. The van der Waals surface area contributed by atoms with Gasteiger partial charge >= 0.3 is 12.1 Å². The van der Waals surface area contributed by atoms with E-state index < -0.39 is 24.2 Å². The van der Waals surface area contributed by atoms with Gasteiger partial charge in [0.1, 0.15) is 6.61 Å². The first-order valence-corrected chi connectivity index (χ1v) is 11.7. The Hall–Kier alpha value is -3.39. The number of hydrogen-bond acceptors (Lipinski definition) is 5. The van der Waals surface area contributed by atoms with Crippen molar-refractivity contribution in [2.45, 2.75) is 44.2 Å². The van der Waals surface area contributed by atoms with Gasteiger partial charge in [0.2, 0.25) is 5.91 Å². The molecule has 2 aliphatic rings. The lowest BCUT2D eigenvalue weighted by molar-refractivity contribution is -0.148. The van der Waals surface area contributed by atoms with E-state index in [9.17, 15) is 14.4 Å². The van der Waals surface area contributed by atoms with Crippen LogP contribution >= 0.6 is 0 Å². The molecule has 1 aliphatic heterocycles. The lowest BCUT2D eigenvalue weighted by atomic mass is 9.98. The van der Waals surface area contributed by atoms with Crippen molar-refractivity contribution in [2.75, 3.05) is 19.8 Å². The molecular weight excluding hydrogens is 436 g/mol. The summed E-state index contributed by atoms with van der Waals surface area (Å²) in [4.78, 5) is 35.8. The summed E-state index contributed by atoms with van der Waals surface area (Å²) >= 11 is 0. The SMILES string of the molecule is CC(CCCNC(=O)OCC1c2ccccc2-c2ccccc21)C(=O)N[C@@H]1CCO[C@@H]1C(=O)O. The first-order chi connectivity index (χ1) is 16.5. The minimum absolute atomic E-state index is 0.0102. The summed E-state index contributed by atoms with van der Waals surface area (Å²) in [5, 5.41) is 14.7. The molecule has 0 aromatic heterocycles. The smallest absolute Gasteiger partial charge is 0.407 e. The van der Waals surface area contributed by atoms with Gasteiger partial charge in [-0.1, -0.05) is 55.5 Å². The Kier molecular flexibility index (Phi) is 7.47. The fourth-order valence-electron chi connectivity index (χ4n) is 4.68. The van der Waals surface area contributed by atoms with Gasteiger partial charge in [0.25, 0.3) is 0 Å². The average molecular weight is 467 g/mol. The van der Waals surface area contributed by atoms with E-state index in [1.807, 2.05) is 24.3 Å². The molecule has 3 atom stereocenters. The lowest BCUT2D eigenvalue weighted by Crippen LogP contribution is -2.45. The molecule has 0 bridgehead atoms. The van der Waals surface area contributed by atoms with Gasteiger partial charge in [-0.3, -0.25) is 4.79 Å². The quantitative estimate of drug-likeness (QED) is 0.489. The van der Waals surface area contributed by atoms with Gasteiger partial charge in [-0.15, -0.1) is 0 Å². The number of carbonyl (C=O) groups is 3. The second-order valence-electron chi connectivity index (χ2n) is 8.83. The first-order valence-electron chi connectivity index (χ1n) is 11.7. The lowest BCUT2D eigenvalue weighted by Gasteiger charge is -2.19. The third-order valence-corrected chi connectivity index (χ3v) is 6.54. The third kappa shape index (κ3) is 5.22. The van der Waals surface area contributed by atoms with Crippen molar-refractivity contribution in [1.29, 1.82) is 0 Å². The van der Waals surface area contributed by atoms with Crippen molar-refractivity contribution < 1.29 is 29.0 Å². The van der Waals surface area contributed by atoms with Gasteiger partial charge in [0.05, 0.1) is 6.04 Å². The fraction of sp³-hybridized carbons (Fsp3) is 0.423. The summed E-state index contributed by atoms with van der Waals surface area (Å²) in [6.07, 6.45) is 0.166. The molecule has 180 valence electrons. The Balaban J connectivity index is 1.18. The van der Waals surface area contributed by atoms with Crippen LogP contribution in [0.2, 0.25) is 0 Å². The van der Waals surface area contributed by atoms with E-state index >= 15 is 0 Å². The first kappa shape index (κ1) is 23.8. The predicted molar refractivity (Wildman–Crippen MR) is 125 cm³/mol. The van der Waals surface area contributed by atoms with Crippen LogP contribution in [0.3, 0.4) is 0 Å². The number of nitrogens with one attached hydrogen (secondary N) is 2. The highest BCUT2D eigenvalue weighted by Crippen LogP contribution is 2.44. The molecule has 0 spiro atoms. The van der Waals surface area contributed by atoms with Gasteiger partial charge in [-0.2, -0.15) is 0 Å². The molecule has 4 rings (SSSR count). The highest BCUT2D eigenvalue weighted by molar-refractivity contribution is 5.81. The maximum absolute atomic E-state index is 12.4. The van der Waals surface area contributed by atoms with Crippen molar-refractivity contribution in [2.24, 2.45) is 5.92 Å². The zero-order chi connectivity index (χ0) is 24.1. The Morgan fingerprint density at radius 2 is 1.74 bits per heavy atom. The molecule has 1 aliphatic carbocycles. The second-order valence-corrected chi connectivity index (χ2v) is 8.83. The summed E-state index contributed by atoms with van der Waals surface area (Å²) < 4.78 is 10.7. The van der Waals surface area contributed by atoms with E-state index in [1.54, 1.807) is 6.92 Å². The highest BCUT2D eigenvalue weighted by atomic mass is 16.5. The number of hydrogen-bond donors (Lipinski definition) is 3. The molecule has 8 nitrogen and oxygen atoms in total. The molecule has 2 amide bonds. The van der Waals surface area contributed by atoms with Crippen LogP contribution in [-0.4, -0.2) is 55.0 Å². The molecule has 1 fully saturated rings. The normalized spacial score (nSPS) is 19.7. The summed E-state index contributed by atoms with van der Waals surface area (Å²) in [5.41, 5.74) is 4.68. The Morgan fingerprint density at radius 1 is 1.09 bits per heavy atom. The minimum atomic E-state index is -1.07. The zero-order valence-electron chi connectivity index (χ0n) is 19.2. The molecule has 0 saturated carbocycles. The Labute approximate surface area is 198 Å². The summed E-state index contributed by atoms with van der Waals surface area (Å²) in [6, 6.07) is 15.8. The predicted octanol–water partition coefficient (Wildman–Crippen LogP) is 3.30. The summed E-state index contributed by atoms with van der Waals surface area (Å²) in [6.45, 7) is 2.75. The molecule has 3 N–H and O–H groups in total. The Morgan fingerprint density at radius 3 is 2.38 bits per heavy atom. The second kappa shape index (κ2) is 10.7. The molecule has 1 heterocycles. The van der Waals surface area contributed by atoms with Crippen molar-refractivity contribution in [1.82, 2.24) is 10.6 Å².